The quantitative estimate of drug-likeness (QED) is 0.390. The third-order valence-electron chi connectivity index (χ3n) is 1.67. The first-order valence-corrected chi connectivity index (χ1v) is 3.53. The lowest BCUT2D eigenvalue weighted by Crippen LogP contribution is -2.38. The molecule has 1 rings (SSSR count). The molecule has 0 aliphatic rings. The van der Waals surface area contributed by atoms with Crippen molar-refractivity contribution in [3.8, 4) is 6.07 Å². The van der Waals surface area contributed by atoms with E-state index >= 15 is 0 Å². The highest BCUT2D eigenvalue weighted by atomic mass is 19.2. The van der Waals surface area contributed by atoms with Gasteiger partial charge in [-0.3, -0.25) is 0 Å². The molecule has 0 saturated carbocycles. The minimum atomic E-state index is -2.71. The van der Waals surface area contributed by atoms with Crippen LogP contribution in [-0.2, 0) is 0 Å². The van der Waals surface area contributed by atoms with Crippen LogP contribution >= 0.6 is 0 Å². The number of rotatable bonds is 1. The Labute approximate surface area is 81.3 Å². The maximum absolute atomic E-state index is 12.9. The van der Waals surface area contributed by atoms with E-state index in [-0.39, 0.29) is 0 Å². The predicted molar refractivity (Wildman–Crippen MR) is 40.8 cm³/mol. The molecule has 0 unspecified atom stereocenters. The van der Waals surface area contributed by atoms with Gasteiger partial charge in [0.05, 0.1) is 5.46 Å². The smallest absolute Gasteiger partial charge is 0.423 e. The summed E-state index contributed by atoms with van der Waals surface area (Å²) in [6.45, 7) is 0. The normalized spacial score (nSPS) is 9.93. The van der Waals surface area contributed by atoms with Gasteiger partial charge < -0.3 is 10.0 Å². The molecule has 8 heteroatoms. The van der Waals surface area contributed by atoms with Gasteiger partial charge in [0, 0.05) is 0 Å². The maximum Gasteiger partial charge on any atom is 0.494 e. The van der Waals surface area contributed by atoms with Gasteiger partial charge in [0.2, 0.25) is 0 Å². The first-order chi connectivity index (χ1) is 6.91. The van der Waals surface area contributed by atoms with Crippen LogP contribution in [0.25, 0.3) is 0 Å². The van der Waals surface area contributed by atoms with E-state index in [4.69, 9.17) is 15.3 Å². The van der Waals surface area contributed by atoms with Crippen LogP contribution in [0.1, 0.15) is 5.56 Å². The minimum Gasteiger partial charge on any atom is -0.423 e. The van der Waals surface area contributed by atoms with Gasteiger partial charge in [0.25, 0.3) is 0 Å². The third kappa shape index (κ3) is 1.67. The van der Waals surface area contributed by atoms with Crippen molar-refractivity contribution in [2.24, 2.45) is 0 Å². The molecule has 0 heterocycles. The van der Waals surface area contributed by atoms with Gasteiger partial charge in [-0.05, 0) is 0 Å². The molecule has 78 valence electrons. The SMILES string of the molecule is N#Cc1c(F)c(F)c(B(O)O)c(F)c1F. The van der Waals surface area contributed by atoms with Crippen molar-refractivity contribution in [2.45, 2.75) is 0 Å². The average molecular weight is 219 g/mol. The Hall–Kier alpha value is -1.59. The summed E-state index contributed by atoms with van der Waals surface area (Å²) in [4.78, 5) is 0. The van der Waals surface area contributed by atoms with Gasteiger partial charge >= 0.3 is 7.12 Å². The molecule has 0 radical (unpaired) electrons. The largest absolute Gasteiger partial charge is 0.494 e. The minimum absolute atomic E-state index is 0.918. The van der Waals surface area contributed by atoms with Crippen molar-refractivity contribution < 1.29 is 27.6 Å². The summed E-state index contributed by atoms with van der Waals surface area (Å²) in [7, 11) is -2.71. The predicted octanol–water partition coefficient (Wildman–Crippen LogP) is -0.206. The van der Waals surface area contributed by atoms with Crippen LogP contribution < -0.4 is 5.46 Å². The summed E-state index contributed by atoms with van der Waals surface area (Å²) in [5.74, 6) is -7.92. The molecule has 0 saturated heterocycles. The summed E-state index contributed by atoms with van der Waals surface area (Å²) < 4.78 is 51.5. The van der Waals surface area contributed by atoms with Crippen molar-refractivity contribution in [3.05, 3.63) is 28.8 Å². The first-order valence-electron chi connectivity index (χ1n) is 3.53. The van der Waals surface area contributed by atoms with Crippen LogP contribution in [0.2, 0.25) is 0 Å². The van der Waals surface area contributed by atoms with Gasteiger partial charge in [-0.25, -0.2) is 17.6 Å². The summed E-state index contributed by atoms with van der Waals surface area (Å²) in [5.41, 5.74) is -3.02. The van der Waals surface area contributed by atoms with Crippen LogP contribution in [0.5, 0.6) is 0 Å². The molecule has 0 aromatic heterocycles. The number of benzene rings is 1. The van der Waals surface area contributed by atoms with Crippen LogP contribution in [0, 0.1) is 34.6 Å². The molecule has 0 aliphatic heterocycles. The molecule has 1 aromatic carbocycles. The maximum atomic E-state index is 12.9. The monoisotopic (exact) mass is 219 g/mol. The number of nitriles is 1. The lowest BCUT2D eigenvalue weighted by Gasteiger charge is -2.06. The van der Waals surface area contributed by atoms with E-state index in [9.17, 15) is 17.6 Å². The van der Waals surface area contributed by atoms with Crippen molar-refractivity contribution in [1.29, 1.82) is 5.26 Å². The molecular weight excluding hydrogens is 217 g/mol. The van der Waals surface area contributed by atoms with E-state index in [1.165, 1.54) is 0 Å². The molecule has 0 amide bonds. The first kappa shape index (κ1) is 11.5. The number of nitrogens with zero attached hydrogens (tertiary/aromatic N) is 1. The van der Waals surface area contributed by atoms with Gasteiger partial charge in [0.1, 0.15) is 11.6 Å². The molecule has 2 N–H and O–H groups in total. The summed E-state index contributed by atoms with van der Waals surface area (Å²) in [5, 5.41) is 25.1. The van der Waals surface area contributed by atoms with Crippen molar-refractivity contribution >= 4 is 12.6 Å². The second kappa shape index (κ2) is 3.88. The molecule has 0 fully saturated rings. The Balaban J connectivity index is 3.69. The molecule has 0 bridgehead atoms. The van der Waals surface area contributed by atoms with Crippen LogP contribution in [0.15, 0.2) is 0 Å². The molecular formula is C7H2BF4NO2. The fourth-order valence-corrected chi connectivity index (χ4v) is 0.974. The van der Waals surface area contributed by atoms with E-state index in [0.29, 0.717) is 0 Å². The van der Waals surface area contributed by atoms with Gasteiger partial charge in [-0.15, -0.1) is 0 Å². The van der Waals surface area contributed by atoms with Crippen LogP contribution in [-0.4, -0.2) is 17.2 Å². The lowest BCUT2D eigenvalue weighted by atomic mass is 9.78. The Morgan fingerprint density at radius 3 is 1.60 bits per heavy atom. The zero-order chi connectivity index (χ0) is 11.7. The lowest BCUT2D eigenvalue weighted by molar-refractivity contribution is 0.407. The zero-order valence-corrected chi connectivity index (χ0v) is 6.93. The average Bonchev–Trinajstić information content (AvgIpc) is 2.16. The Morgan fingerprint density at radius 1 is 0.933 bits per heavy atom. The number of hydrogen-bond acceptors (Lipinski definition) is 3. The molecule has 0 spiro atoms. The highest BCUT2D eigenvalue weighted by Gasteiger charge is 2.31. The second-order valence-electron chi connectivity index (χ2n) is 2.53. The summed E-state index contributed by atoms with van der Waals surface area (Å²) >= 11 is 0. The fourth-order valence-electron chi connectivity index (χ4n) is 0.974. The molecule has 0 aliphatic carbocycles. The van der Waals surface area contributed by atoms with E-state index in [2.05, 4.69) is 0 Å². The number of hydrogen-bond donors (Lipinski definition) is 2. The standard InChI is InChI=1S/C7H2BF4NO2/c9-4-2(1-13)5(10)7(12)3(6(4)11)8(14)15/h14-15H. The van der Waals surface area contributed by atoms with E-state index in [1.54, 1.807) is 0 Å². The summed E-state index contributed by atoms with van der Waals surface area (Å²) in [6, 6.07) is 0.918. The Bertz CT molecular complexity index is 428. The number of halogens is 4. The highest BCUT2D eigenvalue weighted by molar-refractivity contribution is 6.58. The zero-order valence-electron chi connectivity index (χ0n) is 6.93. The molecule has 15 heavy (non-hydrogen) atoms. The van der Waals surface area contributed by atoms with Crippen LogP contribution in [0.4, 0.5) is 17.6 Å². The fraction of sp³-hybridized carbons (Fsp3) is 0. The molecule has 1 aromatic rings. The highest BCUT2D eigenvalue weighted by Crippen LogP contribution is 2.16. The second-order valence-corrected chi connectivity index (χ2v) is 2.53. The molecule has 0 atom stereocenters. The van der Waals surface area contributed by atoms with Crippen LogP contribution in [0.3, 0.4) is 0 Å². The molecule has 3 nitrogen and oxygen atoms in total. The van der Waals surface area contributed by atoms with E-state index in [1.807, 2.05) is 0 Å². The summed E-state index contributed by atoms with van der Waals surface area (Å²) in [6.07, 6.45) is 0. The van der Waals surface area contributed by atoms with Crippen molar-refractivity contribution in [2.75, 3.05) is 0 Å². The van der Waals surface area contributed by atoms with Gasteiger partial charge in [-0.1, -0.05) is 0 Å². The topological polar surface area (TPSA) is 64.2 Å². The van der Waals surface area contributed by atoms with Gasteiger partial charge in [0.15, 0.2) is 23.3 Å². The van der Waals surface area contributed by atoms with E-state index in [0.717, 1.165) is 6.07 Å². The van der Waals surface area contributed by atoms with Gasteiger partial charge in [-0.2, -0.15) is 5.26 Å². The Kier molecular flexibility index (Phi) is 2.97. The Morgan fingerprint density at radius 2 is 1.33 bits per heavy atom. The van der Waals surface area contributed by atoms with Crippen molar-refractivity contribution in [3.63, 3.8) is 0 Å². The van der Waals surface area contributed by atoms with Crippen molar-refractivity contribution in [1.82, 2.24) is 0 Å². The van der Waals surface area contributed by atoms with E-state index < -0.39 is 41.4 Å². The third-order valence-corrected chi connectivity index (χ3v) is 1.67.